The molecule has 0 spiro atoms. The minimum absolute atomic E-state index is 0.0217. The van der Waals surface area contributed by atoms with Crippen LogP contribution in [0.5, 0.6) is 0 Å². The molecule has 0 bridgehead atoms. The van der Waals surface area contributed by atoms with Gasteiger partial charge in [-0.25, -0.2) is 4.79 Å². The SMILES string of the molecule is CC(C)(C)[Si](C)(C)OC[C@@]1(C2CC2)O[C@@H](n2ccc(=O)[nH]c2=O)[C@@H](Cl)[C@@H]1O[Si](C)(C)C(C)(C)C. The average Bonchev–Trinajstić information content (AvgIpc) is 3.47. The number of rotatable bonds is 7. The van der Waals surface area contributed by atoms with Gasteiger partial charge in [0, 0.05) is 12.3 Å². The van der Waals surface area contributed by atoms with Gasteiger partial charge >= 0.3 is 5.69 Å². The molecule has 0 aromatic carbocycles. The molecule has 10 heteroatoms. The zero-order valence-corrected chi connectivity index (χ0v) is 25.2. The van der Waals surface area contributed by atoms with Crippen LogP contribution in [0.2, 0.25) is 36.3 Å². The third-order valence-corrected chi connectivity index (χ3v) is 17.8. The van der Waals surface area contributed by atoms with Gasteiger partial charge in [0.15, 0.2) is 22.9 Å². The Morgan fingerprint density at radius 3 is 2.12 bits per heavy atom. The van der Waals surface area contributed by atoms with Crippen molar-refractivity contribution in [3.05, 3.63) is 33.1 Å². The number of halogens is 1. The van der Waals surface area contributed by atoms with Gasteiger partial charge in [-0.1, -0.05) is 41.5 Å². The number of alkyl halides is 1. The van der Waals surface area contributed by atoms with Crippen molar-refractivity contribution in [2.75, 3.05) is 6.61 Å². The van der Waals surface area contributed by atoms with E-state index in [0.717, 1.165) is 12.8 Å². The first-order valence-corrected chi connectivity index (χ1v) is 18.5. The standard InChI is InChI=1S/C24H43ClN2O5Si2/c1-22(2,3)33(7,8)30-15-24(16-11-12-16)19(32-34(9,10)23(4,5)6)18(25)20(31-24)27-14-13-17(28)26-21(27)29/h13-14,16,18-20H,11-12,15H2,1-10H3,(H,26,28,29)/t18-,19-,20+,24-/m0/s1. The van der Waals surface area contributed by atoms with Gasteiger partial charge in [-0.15, -0.1) is 11.6 Å². The van der Waals surface area contributed by atoms with E-state index in [9.17, 15) is 9.59 Å². The van der Waals surface area contributed by atoms with E-state index in [1.165, 1.54) is 16.8 Å². The Morgan fingerprint density at radius 2 is 1.65 bits per heavy atom. The van der Waals surface area contributed by atoms with E-state index in [1.54, 1.807) is 0 Å². The minimum Gasteiger partial charge on any atom is -0.414 e. The highest BCUT2D eigenvalue weighted by Gasteiger charge is 2.64. The fraction of sp³-hybridized carbons (Fsp3) is 0.833. The fourth-order valence-electron chi connectivity index (χ4n) is 3.92. The molecule has 1 saturated heterocycles. The Bertz CT molecular complexity index is 1010. The van der Waals surface area contributed by atoms with E-state index < -0.39 is 51.2 Å². The summed E-state index contributed by atoms with van der Waals surface area (Å²) in [6.45, 7) is 22.5. The van der Waals surface area contributed by atoms with Gasteiger partial charge in [-0.05, 0) is 55.0 Å². The van der Waals surface area contributed by atoms with Crippen molar-refractivity contribution >= 4 is 28.2 Å². The number of hydrogen-bond donors (Lipinski definition) is 1. The van der Waals surface area contributed by atoms with Crippen LogP contribution in [-0.2, 0) is 13.6 Å². The Balaban J connectivity index is 2.07. The molecule has 4 atom stereocenters. The first-order chi connectivity index (χ1) is 15.3. The number of aromatic nitrogens is 2. The van der Waals surface area contributed by atoms with Gasteiger partial charge in [0.25, 0.3) is 5.56 Å². The lowest BCUT2D eigenvalue weighted by Gasteiger charge is -2.45. The Morgan fingerprint density at radius 1 is 1.09 bits per heavy atom. The van der Waals surface area contributed by atoms with Crippen molar-refractivity contribution in [2.45, 2.75) is 114 Å². The van der Waals surface area contributed by atoms with Crippen LogP contribution in [0.3, 0.4) is 0 Å². The summed E-state index contributed by atoms with van der Waals surface area (Å²) in [6.07, 6.45) is 2.28. The van der Waals surface area contributed by atoms with Gasteiger partial charge < -0.3 is 13.6 Å². The van der Waals surface area contributed by atoms with Crippen LogP contribution < -0.4 is 11.2 Å². The molecule has 1 aromatic heterocycles. The van der Waals surface area contributed by atoms with Crippen LogP contribution in [0, 0.1) is 5.92 Å². The van der Waals surface area contributed by atoms with Crippen LogP contribution in [0.15, 0.2) is 21.9 Å². The Kier molecular flexibility index (Phi) is 7.37. The lowest BCUT2D eigenvalue weighted by Crippen LogP contribution is -2.57. The van der Waals surface area contributed by atoms with Crippen molar-refractivity contribution in [3.63, 3.8) is 0 Å². The molecule has 1 aromatic rings. The maximum Gasteiger partial charge on any atom is 0.330 e. The summed E-state index contributed by atoms with van der Waals surface area (Å²) in [5, 5.41) is -0.588. The van der Waals surface area contributed by atoms with E-state index in [2.05, 4.69) is 72.7 Å². The average molecular weight is 531 g/mol. The normalized spacial score (nSPS) is 29.0. The Labute approximate surface area is 210 Å². The predicted octanol–water partition coefficient (Wildman–Crippen LogP) is 5.23. The molecule has 1 N–H and O–H groups in total. The second kappa shape index (κ2) is 8.99. The summed E-state index contributed by atoms with van der Waals surface area (Å²) in [5.41, 5.74) is -1.74. The molecule has 1 aliphatic carbocycles. The molecule has 194 valence electrons. The predicted molar refractivity (Wildman–Crippen MR) is 142 cm³/mol. The van der Waals surface area contributed by atoms with Gasteiger partial charge in [0.1, 0.15) is 11.0 Å². The molecule has 0 amide bonds. The number of aromatic amines is 1. The van der Waals surface area contributed by atoms with Crippen LogP contribution in [0.4, 0.5) is 0 Å². The third kappa shape index (κ3) is 5.20. The summed E-state index contributed by atoms with van der Waals surface area (Å²) in [7, 11) is -4.32. The number of nitrogens with one attached hydrogen (secondary N) is 1. The molecule has 0 radical (unpaired) electrons. The summed E-state index contributed by atoms with van der Waals surface area (Å²) in [6, 6.07) is 1.32. The highest BCUT2D eigenvalue weighted by molar-refractivity contribution is 6.74. The second-order valence-corrected chi connectivity index (χ2v) is 23.1. The van der Waals surface area contributed by atoms with Gasteiger partial charge in [-0.2, -0.15) is 0 Å². The third-order valence-electron chi connectivity index (χ3n) is 8.47. The molecule has 34 heavy (non-hydrogen) atoms. The van der Waals surface area contributed by atoms with Crippen LogP contribution in [-0.4, -0.2) is 49.9 Å². The van der Waals surface area contributed by atoms with Gasteiger partial charge in [-0.3, -0.25) is 14.3 Å². The number of H-pyrrole nitrogens is 1. The molecule has 2 aliphatic rings. The van der Waals surface area contributed by atoms with Gasteiger partial charge in [0.05, 0.1) is 12.7 Å². The topological polar surface area (TPSA) is 82.5 Å². The highest BCUT2D eigenvalue weighted by atomic mass is 35.5. The van der Waals surface area contributed by atoms with Crippen LogP contribution in [0.25, 0.3) is 0 Å². The summed E-state index contributed by atoms with van der Waals surface area (Å²) >= 11 is 7.12. The minimum atomic E-state index is -2.24. The van der Waals surface area contributed by atoms with Crippen molar-refractivity contribution in [1.29, 1.82) is 0 Å². The summed E-state index contributed by atoms with van der Waals surface area (Å²) < 4.78 is 21.9. The van der Waals surface area contributed by atoms with Crippen molar-refractivity contribution in [3.8, 4) is 0 Å². The second-order valence-electron chi connectivity index (χ2n) is 13.0. The van der Waals surface area contributed by atoms with E-state index >= 15 is 0 Å². The van der Waals surface area contributed by atoms with Crippen molar-refractivity contribution in [1.82, 2.24) is 9.55 Å². The molecule has 3 rings (SSSR count). The maximum atomic E-state index is 12.7. The number of ether oxygens (including phenoxy) is 1. The molecule has 2 fully saturated rings. The largest absolute Gasteiger partial charge is 0.414 e. The van der Waals surface area contributed by atoms with Crippen molar-refractivity contribution < 1.29 is 13.6 Å². The lowest BCUT2D eigenvalue weighted by atomic mass is 9.92. The first kappa shape index (κ1) is 27.9. The van der Waals surface area contributed by atoms with Crippen molar-refractivity contribution in [2.24, 2.45) is 5.92 Å². The van der Waals surface area contributed by atoms with Crippen LogP contribution in [0.1, 0.15) is 60.6 Å². The molecule has 1 saturated carbocycles. The highest BCUT2D eigenvalue weighted by Crippen LogP contribution is 2.56. The molecule has 0 unspecified atom stereocenters. The van der Waals surface area contributed by atoms with E-state index in [0.29, 0.717) is 6.61 Å². The molecule has 1 aliphatic heterocycles. The zero-order valence-electron chi connectivity index (χ0n) is 22.5. The van der Waals surface area contributed by atoms with E-state index in [1.807, 2.05) is 0 Å². The smallest absolute Gasteiger partial charge is 0.330 e. The molecule has 2 heterocycles. The summed E-state index contributed by atoms with van der Waals surface area (Å²) in [4.78, 5) is 26.7. The molecular formula is C24H43ClN2O5Si2. The number of hydrogen-bond acceptors (Lipinski definition) is 5. The lowest BCUT2D eigenvalue weighted by molar-refractivity contribution is -0.135. The summed E-state index contributed by atoms with van der Waals surface area (Å²) in [5.74, 6) is 0.247. The van der Waals surface area contributed by atoms with E-state index in [4.69, 9.17) is 25.2 Å². The maximum absolute atomic E-state index is 12.7. The fourth-order valence-corrected chi connectivity index (χ4v) is 6.79. The first-order valence-electron chi connectivity index (χ1n) is 12.3. The quantitative estimate of drug-likeness (QED) is 0.385. The zero-order chi connectivity index (χ0) is 25.9. The molecule has 7 nitrogen and oxygen atoms in total. The molecular weight excluding hydrogens is 488 g/mol. The monoisotopic (exact) mass is 530 g/mol. The number of nitrogens with zero attached hydrogens (tertiary/aromatic N) is 1. The Hall–Kier alpha value is -0.716. The van der Waals surface area contributed by atoms with E-state index in [-0.39, 0.29) is 16.0 Å². The van der Waals surface area contributed by atoms with Crippen LogP contribution >= 0.6 is 11.6 Å². The van der Waals surface area contributed by atoms with Gasteiger partial charge in [0.2, 0.25) is 0 Å².